The summed E-state index contributed by atoms with van der Waals surface area (Å²) < 4.78 is 32.8. The van der Waals surface area contributed by atoms with Crippen LogP contribution in [0.3, 0.4) is 0 Å². The predicted octanol–water partition coefficient (Wildman–Crippen LogP) is 3.54. The summed E-state index contributed by atoms with van der Waals surface area (Å²) >= 11 is 0. The van der Waals surface area contributed by atoms with Crippen LogP contribution in [0, 0.1) is 6.92 Å². The molecule has 0 aliphatic carbocycles. The molecule has 1 amide bonds. The van der Waals surface area contributed by atoms with Crippen LogP contribution in [0.2, 0.25) is 0 Å². The van der Waals surface area contributed by atoms with E-state index in [0.717, 1.165) is 43.4 Å². The molecule has 1 fully saturated rings. The Labute approximate surface area is 179 Å². The number of piperidine rings is 1. The van der Waals surface area contributed by atoms with Crippen molar-refractivity contribution in [2.45, 2.75) is 43.9 Å². The monoisotopic (exact) mass is 430 g/mol. The van der Waals surface area contributed by atoms with E-state index >= 15 is 0 Å². The van der Waals surface area contributed by atoms with Gasteiger partial charge in [-0.2, -0.15) is 4.31 Å². The molecule has 1 N–H and O–H groups in total. The van der Waals surface area contributed by atoms with Gasteiger partial charge in [0.15, 0.2) is 0 Å². The number of ether oxygens (including phenoxy) is 1. The number of carbonyl (C=O) groups excluding carboxylic acids is 1. The van der Waals surface area contributed by atoms with Gasteiger partial charge in [0.25, 0.3) is 5.91 Å². The number of sulfonamides is 1. The number of aryl methyl sites for hydroxylation is 2. The fourth-order valence-electron chi connectivity index (χ4n) is 3.69. The largest absolute Gasteiger partial charge is 0.497 e. The van der Waals surface area contributed by atoms with Crippen LogP contribution in [0.1, 0.15) is 47.2 Å². The van der Waals surface area contributed by atoms with Gasteiger partial charge < -0.3 is 10.1 Å². The number of hydrogen-bond acceptors (Lipinski definition) is 4. The summed E-state index contributed by atoms with van der Waals surface area (Å²) in [4.78, 5) is 12.8. The average molecular weight is 431 g/mol. The first-order valence-corrected chi connectivity index (χ1v) is 11.9. The maximum atomic E-state index is 13.0. The molecule has 7 heteroatoms. The second-order valence-corrected chi connectivity index (χ2v) is 9.56. The Morgan fingerprint density at radius 3 is 2.60 bits per heavy atom. The van der Waals surface area contributed by atoms with Crippen LogP contribution in [0.25, 0.3) is 0 Å². The van der Waals surface area contributed by atoms with Gasteiger partial charge in [0.05, 0.1) is 12.0 Å². The number of nitrogens with one attached hydrogen (secondary N) is 1. The minimum atomic E-state index is -3.58. The van der Waals surface area contributed by atoms with Gasteiger partial charge in [-0.25, -0.2) is 8.42 Å². The first kappa shape index (κ1) is 22.3. The van der Waals surface area contributed by atoms with Crippen LogP contribution in [0.15, 0.2) is 47.4 Å². The molecular formula is C23H30N2O4S. The standard InChI is InChI=1S/C23H30N2O4S/c1-18-11-12-20(17-22(18)30(27,28)25-14-4-3-5-15-25)23(26)24-13-7-9-19-8-6-10-21(16-19)29-2/h6,8,10-12,16-17H,3-5,7,9,13-15H2,1-2H3,(H,24,26). The highest BCUT2D eigenvalue weighted by Crippen LogP contribution is 2.24. The van der Waals surface area contributed by atoms with Gasteiger partial charge in [-0.1, -0.05) is 24.6 Å². The van der Waals surface area contributed by atoms with E-state index in [-0.39, 0.29) is 10.8 Å². The zero-order chi connectivity index (χ0) is 21.6. The molecule has 2 aromatic carbocycles. The summed E-state index contributed by atoms with van der Waals surface area (Å²) in [6.45, 7) is 3.37. The number of methoxy groups -OCH3 is 1. The van der Waals surface area contributed by atoms with Crippen LogP contribution in [0.4, 0.5) is 0 Å². The predicted molar refractivity (Wildman–Crippen MR) is 117 cm³/mol. The molecule has 2 aromatic rings. The molecule has 0 aromatic heterocycles. The summed E-state index contributed by atoms with van der Waals surface area (Å²) in [6.07, 6.45) is 4.42. The number of amides is 1. The van der Waals surface area contributed by atoms with Crippen LogP contribution in [0.5, 0.6) is 5.75 Å². The summed E-state index contributed by atoms with van der Waals surface area (Å²) in [6, 6.07) is 12.8. The molecule has 1 aliphatic heterocycles. The number of benzene rings is 2. The van der Waals surface area contributed by atoms with Crippen LogP contribution in [-0.2, 0) is 16.4 Å². The first-order valence-electron chi connectivity index (χ1n) is 10.4. The lowest BCUT2D eigenvalue weighted by Crippen LogP contribution is -2.36. The van der Waals surface area contributed by atoms with E-state index in [9.17, 15) is 13.2 Å². The third-order valence-corrected chi connectivity index (χ3v) is 7.49. The van der Waals surface area contributed by atoms with Gasteiger partial charge in [-0.05, 0) is 68.0 Å². The zero-order valence-corrected chi connectivity index (χ0v) is 18.5. The highest BCUT2D eigenvalue weighted by Gasteiger charge is 2.28. The van der Waals surface area contributed by atoms with E-state index < -0.39 is 10.0 Å². The van der Waals surface area contributed by atoms with Crippen molar-refractivity contribution in [3.63, 3.8) is 0 Å². The number of nitrogens with zero attached hydrogens (tertiary/aromatic N) is 1. The number of rotatable bonds is 8. The minimum Gasteiger partial charge on any atom is -0.497 e. The summed E-state index contributed by atoms with van der Waals surface area (Å²) in [5.41, 5.74) is 2.18. The molecule has 6 nitrogen and oxygen atoms in total. The molecule has 1 aliphatic rings. The Kier molecular flexibility index (Phi) is 7.50. The van der Waals surface area contributed by atoms with Crippen LogP contribution in [-0.4, -0.2) is 45.4 Å². The Bertz CT molecular complexity index is 982. The number of hydrogen-bond donors (Lipinski definition) is 1. The number of carbonyl (C=O) groups is 1. The van der Waals surface area contributed by atoms with Gasteiger partial charge in [-0.15, -0.1) is 0 Å². The lowest BCUT2D eigenvalue weighted by Gasteiger charge is -2.26. The Balaban J connectivity index is 1.61. The highest BCUT2D eigenvalue weighted by molar-refractivity contribution is 7.89. The fourth-order valence-corrected chi connectivity index (χ4v) is 5.46. The van der Waals surface area contributed by atoms with Crippen molar-refractivity contribution in [2.24, 2.45) is 0 Å². The fraction of sp³-hybridized carbons (Fsp3) is 0.435. The molecule has 0 unspecified atom stereocenters. The smallest absolute Gasteiger partial charge is 0.251 e. The van der Waals surface area contributed by atoms with Crippen molar-refractivity contribution in [3.8, 4) is 5.75 Å². The minimum absolute atomic E-state index is 0.230. The van der Waals surface area contributed by atoms with Gasteiger partial charge >= 0.3 is 0 Å². The van der Waals surface area contributed by atoms with E-state index in [1.54, 1.807) is 26.2 Å². The molecule has 0 bridgehead atoms. The van der Waals surface area contributed by atoms with E-state index in [2.05, 4.69) is 5.32 Å². The Hall–Kier alpha value is -2.38. The molecule has 162 valence electrons. The van der Waals surface area contributed by atoms with Gasteiger partial charge in [-0.3, -0.25) is 4.79 Å². The Morgan fingerprint density at radius 2 is 1.87 bits per heavy atom. The molecule has 0 atom stereocenters. The summed E-state index contributed by atoms with van der Waals surface area (Å²) in [7, 11) is -1.94. The van der Waals surface area contributed by atoms with Gasteiger partial charge in [0.2, 0.25) is 10.0 Å². The third kappa shape index (κ3) is 5.40. The maximum absolute atomic E-state index is 13.0. The van der Waals surface area contributed by atoms with Crippen LogP contribution < -0.4 is 10.1 Å². The second kappa shape index (κ2) is 10.1. The van der Waals surface area contributed by atoms with Gasteiger partial charge in [0.1, 0.15) is 5.75 Å². The van der Waals surface area contributed by atoms with E-state index in [1.807, 2.05) is 24.3 Å². The molecule has 0 saturated carbocycles. The maximum Gasteiger partial charge on any atom is 0.251 e. The summed E-state index contributed by atoms with van der Waals surface area (Å²) in [5, 5.41) is 2.90. The van der Waals surface area contributed by atoms with Crippen molar-refractivity contribution in [1.29, 1.82) is 0 Å². The zero-order valence-electron chi connectivity index (χ0n) is 17.7. The van der Waals surface area contributed by atoms with E-state index in [0.29, 0.717) is 30.8 Å². The lowest BCUT2D eigenvalue weighted by atomic mass is 10.1. The quantitative estimate of drug-likeness (QED) is 0.650. The average Bonchev–Trinajstić information content (AvgIpc) is 2.77. The van der Waals surface area contributed by atoms with E-state index in [1.165, 1.54) is 10.4 Å². The molecule has 1 heterocycles. The Morgan fingerprint density at radius 1 is 1.10 bits per heavy atom. The normalized spacial score (nSPS) is 15.0. The summed E-state index contributed by atoms with van der Waals surface area (Å²) in [5.74, 6) is 0.564. The van der Waals surface area contributed by atoms with Crippen molar-refractivity contribution >= 4 is 15.9 Å². The van der Waals surface area contributed by atoms with Crippen molar-refractivity contribution < 1.29 is 17.9 Å². The first-order chi connectivity index (χ1) is 14.4. The molecule has 0 radical (unpaired) electrons. The third-order valence-electron chi connectivity index (χ3n) is 5.45. The molecule has 30 heavy (non-hydrogen) atoms. The molecule has 3 rings (SSSR count). The SMILES string of the molecule is COc1cccc(CCCNC(=O)c2ccc(C)c(S(=O)(=O)N3CCCCC3)c2)c1. The molecule has 1 saturated heterocycles. The highest BCUT2D eigenvalue weighted by atomic mass is 32.2. The van der Waals surface area contributed by atoms with Crippen molar-refractivity contribution in [2.75, 3.05) is 26.7 Å². The van der Waals surface area contributed by atoms with E-state index in [4.69, 9.17) is 4.74 Å². The van der Waals surface area contributed by atoms with Gasteiger partial charge in [0, 0.05) is 25.2 Å². The molecular weight excluding hydrogens is 400 g/mol. The molecule has 0 spiro atoms. The topological polar surface area (TPSA) is 75.7 Å². The van der Waals surface area contributed by atoms with Crippen molar-refractivity contribution in [1.82, 2.24) is 9.62 Å². The van der Waals surface area contributed by atoms with Crippen molar-refractivity contribution in [3.05, 3.63) is 59.2 Å². The second-order valence-electron chi connectivity index (χ2n) is 7.66. The van der Waals surface area contributed by atoms with Crippen LogP contribution >= 0.6 is 0 Å². The lowest BCUT2D eigenvalue weighted by molar-refractivity contribution is 0.0953.